The molecule has 0 unspecified atom stereocenters. The van der Waals surface area contributed by atoms with Gasteiger partial charge < -0.3 is 19.1 Å². The van der Waals surface area contributed by atoms with Crippen molar-refractivity contribution >= 4 is 33.4 Å². The maximum absolute atomic E-state index is 12.5. The molecule has 2 aromatic carbocycles. The zero-order chi connectivity index (χ0) is 18.7. The average Bonchev–Trinajstić information content (AvgIpc) is 2.66. The molecule has 0 saturated heterocycles. The summed E-state index contributed by atoms with van der Waals surface area (Å²) in [6, 6.07) is 9.20. The second-order valence-electron chi connectivity index (χ2n) is 5.90. The molecule has 2 aromatic rings. The summed E-state index contributed by atoms with van der Waals surface area (Å²) in [7, 11) is 3.22. The van der Waals surface area contributed by atoms with Gasteiger partial charge in [0.15, 0.2) is 18.1 Å². The van der Waals surface area contributed by atoms with E-state index in [1.807, 2.05) is 18.2 Å². The van der Waals surface area contributed by atoms with Gasteiger partial charge in [-0.1, -0.05) is 27.5 Å². The number of hydrogen-bond donors (Lipinski definition) is 0. The molecule has 1 amide bonds. The van der Waals surface area contributed by atoms with Crippen molar-refractivity contribution in [1.29, 1.82) is 0 Å². The number of hydrogen-bond acceptors (Lipinski definition) is 4. The predicted octanol–water partition coefficient (Wildman–Crippen LogP) is 4.08. The van der Waals surface area contributed by atoms with E-state index in [0.717, 1.165) is 16.5 Å². The van der Waals surface area contributed by atoms with Gasteiger partial charge in [0.2, 0.25) is 0 Å². The van der Waals surface area contributed by atoms with E-state index in [-0.39, 0.29) is 12.5 Å². The highest BCUT2D eigenvalue weighted by Crippen LogP contribution is 2.33. The van der Waals surface area contributed by atoms with E-state index >= 15 is 0 Å². The molecule has 0 aliphatic carbocycles. The third-order valence-electron chi connectivity index (χ3n) is 4.32. The third kappa shape index (κ3) is 4.07. The highest BCUT2D eigenvalue weighted by molar-refractivity contribution is 9.10. The fraction of sp³-hybridized carbons (Fsp3) is 0.316. The van der Waals surface area contributed by atoms with Gasteiger partial charge in [0.25, 0.3) is 5.91 Å². The molecule has 1 heterocycles. The predicted molar refractivity (Wildman–Crippen MR) is 103 cm³/mol. The molecule has 0 saturated carbocycles. The van der Waals surface area contributed by atoms with Crippen LogP contribution < -0.4 is 14.2 Å². The summed E-state index contributed by atoms with van der Waals surface area (Å²) in [5, 5.41) is 0.474. The molecular formula is C19H19BrClNO4. The summed E-state index contributed by atoms with van der Waals surface area (Å²) in [6.07, 6.45) is 0.763. The molecule has 7 heteroatoms. The first-order valence-corrected chi connectivity index (χ1v) is 9.28. The van der Waals surface area contributed by atoms with Crippen molar-refractivity contribution in [3.63, 3.8) is 0 Å². The molecule has 0 spiro atoms. The van der Waals surface area contributed by atoms with Gasteiger partial charge in [0.1, 0.15) is 5.75 Å². The summed E-state index contributed by atoms with van der Waals surface area (Å²) in [5.41, 5.74) is 2.23. The van der Waals surface area contributed by atoms with Crippen LogP contribution in [0.4, 0.5) is 0 Å². The second-order valence-corrected chi connectivity index (χ2v) is 7.23. The Morgan fingerprint density at radius 3 is 2.50 bits per heavy atom. The van der Waals surface area contributed by atoms with Crippen LogP contribution in [0.1, 0.15) is 11.1 Å². The van der Waals surface area contributed by atoms with Crippen molar-refractivity contribution in [3.05, 3.63) is 51.0 Å². The molecule has 0 N–H and O–H groups in total. The Balaban J connectivity index is 1.68. The average molecular weight is 441 g/mol. The number of rotatable bonds is 5. The number of methoxy groups -OCH3 is 2. The maximum Gasteiger partial charge on any atom is 0.260 e. The summed E-state index contributed by atoms with van der Waals surface area (Å²) in [5.74, 6) is 1.77. The molecule has 0 bridgehead atoms. The zero-order valence-electron chi connectivity index (χ0n) is 14.6. The molecule has 26 heavy (non-hydrogen) atoms. The number of fused-ring (bicyclic) bond motifs is 1. The van der Waals surface area contributed by atoms with E-state index in [0.29, 0.717) is 35.4 Å². The zero-order valence-corrected chi connectivity index (χ0v) is 16.9. The molecular weight excluding hydrogens is 422 g/mol. The van der Waals surface area contributed by atoms with Gasteiger partial charge in [-0.2, -0.15) is 0 Å². The SMILES string of the molecule is COc1cc2c(cc1OC)CN(C(=O)COc1cc(Br)ccc1Cl)CC2. The quantitative estimate of drug-likeness (QED) is 0.703. The topological polar surface area (TPSA) is 48.0 Å². The van der Waals surface area contributed by atoms with Gasteiger partial charge in [-0.05, 0) is 47.9 Å². The van der Waals surface area contributed by atoms with Gasteiger partial charge >= 0.3 is 0 Å². The smallest absolute Gasteiger partial charge is 0.260 e. The number of benzene rings is 2. The Bertz CT molecular complexity index is 827. The van der Waals surface area contributed by atoms with Crippen molar-refractivity contribution in [1.82, 2.24) is 4.90 Å². The van der Waals surface area contributed by atoms with Gasteiger partial charge in [0, 0.05) is 17.6 Å². The lowest BCUT2D eigenvalue weighted by Crippen LogP contribution is -2.38. The molecule has 0 aromatic heterocycles. The number of carbonyl (C=O) groups excluding carboxylic acids is 1. The van der Waals surface area contributed by atoms with E-state index < -0.39 is 0 Å². The highest BCUT2D eigenvalue weighted by Gasteiger charge is 2.23. The molecule has 138 valence electrons. The maximum atomic E-state index is 12.5. The lowest BCUT2D eigenvalue weighted by Gasteiger charge is -2.29. The standard InChI is InChI=1S/C19H19BrClNO4/c1-24-17-7-12-5-6-22(10-13(12)8-18(17)25-2)19(23)11-26-16-9-14(20)3-4-15(16)21/h3-4,7-9H,5-6,10-11H2,1-2H3. The fourth-order valence-electron chi connectivity index (χ4n) is 2.91. The van der Waals surface area contributed by atoms with Crippen LogP contribution in [0.5, 0.6) is 17.2 Å². The second kappa shape index (κ2) is 8.18. The molecule has 1 aliphatic heterocycles. The summed E-state index contributed by atoms with van der Waals surface area (Å²) >= 11 is 9.46. The van der Waals surface area contributed by atoms with Crippen LogP contribution in [0.2, 0.25) is 5.02 Å². The number of halogens is 2. The van der Waals surface area contributed by atoms with Gasteiger partial charge in [0.05, 0.1) is 19.2 Å². The minimum atomic E-state index is -0.0820. The van der Waals surface area contributed by atoms with Crippen molar-refractivity contribution < 1.29 is 19.0 Å². The molecule has 1 aliphatic rings. The first-order valence-electron chi connectivity index (χ1n) is 8.11. The van der Waals surface area contributed by atoms with Crippen LogP contribution in [-0.2, 0) is 17.8 Å². The van der Waals surface area contributed by atoms with Crippen LogP contribution in [0.15, 0.2) is 34.8 Å². The summed E-state index contributed by atoms with van der Waals surface area (Å²) in [6.45, 7) is 1.10. The fourth-order valence-corrected chi connectivity index (χ4v) is 3.43. The largest absolute Gasteiger partial charge is 0.493 e. The molecule has 0 radical (unpaired) electrons. The highest BCUT2D eigenvalue weighted by atomic mass is 79.9. The minimum absolute atomic E-state index is 0.0567. The van der Waals surface area contributed by atoms with E-state index in [4.69, 9.17) is 25.8 Å². The van der Waals surface area contributed by atoms with E-state index in [1.54, 1.807) is 31.3 Å². The van der Waals surface area contributed by atoms with Crippen molar-refractivity contribution in [2.75, 3.05) is 27.4 Å². The number of ether oxygens (including phenoxy) is 3. The van der Waals surface area contributed by atoms with Crippen LogP contribution in [0.3, 0.4) is 0 Å². The molecule has 5 nitrogen and oxygen atoms in total. The Kier molecular flexibility index (Phi) is 5.94. The number of carbonyl (C=O) groups is 1. The summed E-state index contributed by atoms with van der Waals surface area (Å²) < 4.78 is 17.1. The van der Waals surface area contributed by atoms with Gasteiger partial charge in [-0.15, -0.1) is 0 Å². The van der Waals surface area contributed by atoms with Crippen LogP contribution in [-0.4, -0.2) is 38.2 Å². The van der Waals surface area contributed by atoms with Crippen molar-refractivity contribution in [3.8, 4) is 17.2 Å². The Hall–Kier alpha value is -1.92. The minimum Gasteiger partial charge on any atom is -0.493 e. The molecule has 0 atom stereocenters. The lowest BCUT2D eigenvalue weighted by molar-refractivity contribution is -0.134. The Labute approximate surface area is 165 Å². The molecule has 3 rings (SSSR count). The van der Waals surface area contributed by atoms with E-state index in [1.165, 1.54) is 5.56 Å². The Morgan fingerprint density at radius 2 is 1.81 bits per heavy atom. The summed E-state index contributed by atoms with van der Waals surface area (Å²) in [4.78, 5) is 14.3. The van der Waals surface area contributed by atoms with Crippen LogP contribution in [0.25, 0.3) is 0 Å². The van der Waals surface area contributed by atoms with Crippen LogP contribution in [0, 0.1) is 0 Å². The van der Waals surface area contributed by atoms with E-state index in [9.17, 15) is 4.79 Å². The Morgan fingerprint density at radius 1 is 1.12 bits per heavy atom. The normalized spacial score (nSPS) is 13.2. The van der Waals surface area contributed by atoms with E-state index in [2.05, 4.69) is 15.9 Å². The van der Waals surface area contributed by atoms with Crippen molar-refractivity contribution in [2.45, 2.75) is 13.0 Å². The monoisotopic (exact) mass is 439 g/mol. The molecule has 0 fully saturated rings. The first-order chi connectivity index (χ1) is 12.5. The van der Waals surface area contributed by atoms with Gasteiger partial charge in [-0.25, -0.2) is 0 Å². The number of nitrogens with zero attached hydrogens (tertiary/aromatic N) is 1. The van der Waals surface area contributed by atoms with Crippen molar-refractivity contribution in [2.24, 2.45) is 0 Å². The van der Waals surface area contributed by atoms with Crippen LogP contribution >= 0.6 is 27.5 Å². The lowest BCUT2D eigenvalue weighted by atomic mass is 9.99. The number of amides is 1. The first kappa shape index (κ1) is 18.9. The van der Waals surface area contributed by atoms with Gasteiger partial charge in [-0.3, -0.25) is 4.79 Å². The third-order valence-corrected chi connectivity index (χ3v) is 5.12.